The lowest BCUT2D eigenvalue weighted by atomic mass is 10.1. The Morgan fingerprint density at radius 3 is 2.23 bits per heavy atom. The van der Waals surface area contributed by atoms with Crippen molar-refractivity contribution in [2.24, 2.45) is 0 Å². The number of hydrogen-bond acceptors (Lipinski definition) is 6. The van der Waals surface area contributed by atoms with Crippen molar-refractivity contribution in [3.8, 4) is 5.75 Å². The van der Waals surface area contributed by atoms with Crippen LogP contribution in [0.5, 0.6) is 5.75 Å². The number of anilines is 4. The smallest absolute Gasteiger partial charge is 0.323 e. The van der Waals surface area contributed by atoms with Gasteiger partial charge in [-0.25, -0.2) is 4.79 Å². The molecule has 0 saturated carbocycles. The molecule has 10 heteroatoms. The summed E-state index contributed by atoms with van der Waals surface area (Å²) in [5.41, 5.74) is 3.52. The zero-order chi connectivity index (χ0) is 28.3. The van der Waals surface area contributed by atoms with E-state index in [9.17, 15) is 9.59 Å². The zero-order valence-electron chi connectivity index (χ0n) is 22.9. The predicted octanol–water partition coefficient (Wildman–Crippen LogP) is 5.48. The number of rotatable bonds is 11. The van der Waals surface area contributed by atoms with Crippen molar-refractivity contribution in [2.75, 3.05) is 73.5 Å². The lowest BCUT2D eigenvalue weighted by molar-refractivity contribution is 0.0944. The minimum Gasteiger partial charge on any atom is -0.495 e. The Morgan fingerprint density at radius 1 is 0.875 bits per heavy atom. The van der Waals surface area contributed by atoms with Crippen LogP contribution in [-0.2, 0) is 4.74 Å². The van der Waals surface area contributed by atoms with E-state index < -0.39 is 6.03 Å². The summed E-state index contributed by atoms with van der Waals surface area (Å²) in [5.74, 6) is 0.649. The first kappa shape index (κ1) is 29.0. The van der Waals surface area contributed by atoms with Gasteiger partial charge in [0.1, 0.15) is 5.75 Å². The highest BCUT2D eigenvalue weighted by Crippen LogP contribution is 2.31. The summed E-state index contributed by atoms with van der Waals surface area (Å²) in [6.07, 6.45) is 0.716. The van der Waals surface area contributed by atoms with Crippen molar-refractivity contribution in [1.82, 2.24) is 5.32 Å². The maximum atomic E-state index is 13.3. The van der Waals surface area contributed by atoms with E-state index in [1.807, 2.05) is 37.3 Å². The second kappa shape index (κ2) is 14.4. The maximum Gasteiger partial charge on any atom is 0.323 e. The first-order valence-electron chi connectivity index (χ1n) is 13.4. The number of piperazine rings is 1. The summed E-state index contributed by atoms with van der Waals surface area (Å²) in [6, 6.07) is 19.9. The average Bonchev–Trinajstić information content (AvgIpc) is 2.98. The van der Waals surface area contributed by atoms with Crippen molar-refractivity contribution >= 4 is 46.3 Å². The number of nitrogens with zero attached hydrogens (tertiary/aromatic N) is 2. The van der Waals surface area contributed by atoms with E-state index in [2.05, 4.69) is 31.8 Å². The van der Waals surface area contributed by atoms with Gasteiger partial charge in [0.2, 0.25) is 0 Å². The second-order valence-corrected chi connectivity index (χ2v) is 9.71. The second-order valence-electron chi connectivity index (χ2n) is 9.27. The fourth-order valence-electron chi connectivity index (χ4n) is 4.59. The normalized spacial score (nSPS) is 13.1. The third-order valence-corrected chi connectivity index (χ3v) is 6.85. The molecule has 3 aromatic rings. The molecular formula is C30H36ClN5O4. The van der Waals surface area contributed by atoms with Gasteiger partial charge in [0.25, 0.3) is 5.91 Å². The molecule has 1 aliphatic rings. The monoisotopic (exact) mass is 565 g/mol. The summed E-state index contributed by atoms with van der Waals surface area (Å²) >= 11 is 5.93. The maximum absolute atomic E-state index is 13.3. The molecule has 0 unspecified atom stereocenters. The Kier molecular flexibility index (Phi) is 10.5. The van der Waals surface area contributed by atoms with Gasteiger partial charge >= 0.3 is 6.03 Å². The Bertz CT molecular complexity index is 1280. The highest BCUT2D eigenvalue weighted by Gasteiger charge is 2.24. The molecule has 0 radical (unpaired) electrons. The molecule has 212 valence electrons. The van der Waals surface area contributed by atoms with Crippen LogP contribution < -0.4 is 30.5 Å². The summed E-state index contributed by atoms with van der Waals surface area (Å²) in [5, 5.41) is 9.20. The lowest BCUT2D eigenvalue weighted by Crippen LogP contribution is -2.47. The highest BCUT2D eigenvalue weighted by molar-refractivity contribution is 6.30. The largest absolute Gasteiger partial charge is 0.495 e. The third-order valence-electron chi connectivity index (χ3n) is 6.60. The van der Waals surface area contributed by atoms with E-state index in [1.54, 1.807) is 37.4 Å². The third kappa shape index (κ3) is 7.80. The van der Waals surface area contributed by atoms with Gasteiger partial charge in [-0.1, -0.05) is 23.7 Å². The van der Waals surface area contributed by atoms with E-state index in [-0.39, 0.29) is 5.91 Å². The van der Waals surface area contributed by atoms with Gasteiger partial charge in [0.15, 0.2) is 0 Å². The van der Waals surface area contributed by atoms with Crippen LogP contribution in [0.3, 0.4) is 0 Å². The molecule has 3 N–H and O–H groups in total. The summed E-state index contributed by atoms with van der Waals surface area (Å²) in [6.45, 7) is 6.68. The first-order chi connectivity index (χ1) is 19.5. The number of nitrogens with one attached hydrogen (secondary N) is 3. The Balaban J connectivity index is 1.48. The van der Waals surface area contributed by atoms with Crippen LogP contribution in [0.4, 0.5) is 27.5 Å². The fourth-order valence-corrected chi connectivity index (χ4v) is 4.72. The molecular weight excluding hydrogens is 530 g/mol. The number of halogens is 1. The summed E-state index contributed by atoms with van der Waals surface area (Å²) in [7, 11) is 1.68. The van der Waals surface area contributed by atoms with E-state index >= 15 is 0 Å². The van der Waals surface area contributed by atoms with Crippen LogP contribution in [0, 0.1) is 0 Å². The molecule has 4 rings (SSSR count). The topological polar surface area (TPSA) is 95.2 Å². The van der Waals surface area contributed by atoms with Gasteiger partial charge < -0.3 is 35.2 Å². The molecule has 3 aromatic carbocycles. The molecule has 0 bridgehead atoms. The first-order valence-corrected chi connectivity index (χ1v) is 13.8. The van der Waals surface area contributed by atoms with Crippen LogP contribution >= 0.6 is 11.6 Å². The van der Waals surface area contributed by atoms with Crippen LogP contribution in [0.15, 0.2) is 66.7 Å². The molecule has 40 heavy (non-hydrogen) atoms. The molecule has 1 fully saturated rings. The van der Waals surface area contributed by atoms with E-state index in [1.165, 1.54) is 0 Å². The highest BCUT2D eigenvalue weighted by atomic mass is 35.5. The minimum atomic E-state index is -0.413. The van der Waals surface area contributed by atoms with Crippen LogP contribution in [0.1, 0.15) is 23.7 Å². The fraction of sp³-hybridized carbons (Fsp3) is 0.333. The van der Waals surface area contributed by atoms with Gasteiger partial charge in [-0.05, 0) is 67.9 Å². The molecule has 1 saturated heterocycles. The molecule has 0 aromatic heterocycles. The van der Waals surface area contributed by atoms with Crippen molar-refractivity contribution < 1.29 is 19.1 Å². The average molecular weight is 566 g/mol. The number of ether oxygens (including phenoxy) is 2. The number of methoxy groups -OCH3 is 1. The SMILES string of the molecule is CCOCCCNC(=O)c1cc(NC(=O)Nc2ccc(Cl)cc2)ccc1N1CCN(c2ccccc2OC)CC1. The molecule has 0 atom stereocenters. The molecule has 9 nitrogen and oxygen atoms in total. The van der Waals surface area contributed by atoms with Gasteiger partial charge in [0.05, 0.1) is 18.4 Å². The molecule has 1 aliphatic heterocycles. The molecule has 1 heterocycles. The number of urea groups is 1. The minimum absolute atomic E-state index is 0.194. The Labute approximate surface area is 240 Å². The number of benzene rings is 3. The number of carbonyl (C=O) groups excluding carboxylic acids is 2. The number of hydrogen-bond donors (Lipinski definition) is 3. The van der Waals surface area contributed by atoms with Crippen LogP contribution in [0.25, 0.3) is 0 Å². The van der Waals surface area contributed by atoms with E-state index in [0.717, 1.165) is 43.3 Å². The van der Waals surface area contributed by atoms with Crippen molar-refractivity contribution in [3.63, 3.8) is 0 Å². The van der Waals surface area contributed by atoms with Gasteiger partial charge in [0, 0.05) is 68.0 Å². The molecule has 0 aliphatic carbocycles. The van der Waals surface area contributed by atoms with E-state index in [4.69, 9.17) is 21.1 Å². The van der Waals surface area contributed by atoms with Gasteiger partial charge in [-0.15, -0.1) is 0 Å². The van der Waals surface area contributed by atoms with Crippen LogP contribution in [-0.4, -0.2) is 65.0 Å². The van der Waals surface area contributed by atoms with Crippen molar-refractivity contribution in [3.05, 3.63) is 77.3 Å². The Hall–Kier alpha value is -3.95. The van der Waals surface area contributed by atoms with Gasteiger partial charge in [-0.2, -0.15) is 0 Å². The van der Waals surface area contributed by atoms with Crippen molar-refractivity contribution in [1.29, 1.82) is 0 Å². The van der Waals surface area contributed by atoms with E-state index in [0.29, 0.717) is 48.1 Å². The summed E-state index contributed by atoms with van der Waals surface area (Å²) in [4.78, 5) is 30.5. The number of carbonyl (C=O) groups is 2. The lowest BCUT2D eigenvalue weighted by Gasteiger charge is -2.38. The molecule has 3 amide bonds. The predicted molar refractivity (Wildman–Crippen MR) is 161 cm³/mol. The van der Waals surface area contributed by atoms with Gasteiger partial charge in [-0.3, -0.25) is 4.79 Å². The Morgan fingerprint density at radius 2 is 1.52 bits per heavy atom. The zero-order valence-corrected chi connectivity index (χ0v) is 23.7. The van der Waals surface area contributed by atoms with Crippen LogP contribution in [0.2, 0.25) is 5.02 Å². The quantitative estimate of drug-likeness (QED) is 0.267. The number of para-hydroxylation sites is 2. The van der Waals surface area contributed by atoms with Crippen molar-refractivity contribution in [2.45, 2.75) is 13.3 Å². The number of amides is 3. The molecule has 0 spiro atoms. The summed E-state index contributed by atoms with van der Waals surface area (Å²) < 4.78 is 10.9. The standard InChI is InChI=1S/C30H36ClN5O4/c1-3-40-20-6-15-32-29(37)25-21-24(34-30(38)33-23-11-9-22(31)10-12-23)13-14-26(25)35-16-18-36(19-17-35)27-7-4-5-8-28(27)39-2/h4-5,7-14,21H,3,6,15-20H2,1-2H3,(H,32,37)(H2,33,34,38).